The first kappa shape index (κ1) is 7.79. The molecule has 2 rings (SSSR count). The molecule has 0 aliphatic carbocycles. The molecule has 0 saturated heterocycles. The molecule has 0 saturated carbocycles. The average molecular weight is 175 g/mol. The van der Waals surface area contributed by atoms with Crippen molar-refractivity contribution in [1.82, 2.24) is 9.55 Å². The van der Waals surface area contributed by atoms with E-state index in [9.17, 15) is 4.79 Å². The summed E-state index contributed by atoms with van der Waals surface area (Å²) in [5.41, 5.74) is 7.41. The molecule has 0 aliphatic heterocycles. The third kappa shape index (κ3) is 1.16. The number of imidazole rings is 1. The minimum absolute atomic E-state index is 0.424. The number of hydrogen-bond acceptors (Lipinski definition) is 2. The molecule has 0 unspecified atom stereocenters. The first-order valence-electron chi connectivity index (χ1n) is 3.89. The van der Waals surface area contributed by atoms with Gasteiger partial charge in [0.2, 0.25) is 5.91 Å². The van der Waals surface area contributed by atoms with E-state index in [1.807, 2.05) is 17.7 Å². The van der Waals surface area contributed by atoms with E-state index in [4.69, 9.17) is 5.73 Å². The summed E-state index contributed by atoms with van der Waals surface area (Å²) in [6, 6.07) is 5.23. The van der Waals surface area contributed by atoms with Crippen LogP contribution in [0.15, 0.2) is 24.5 Å². The Morgan fingerprint density at radius 2 is 2.31 bits per heavy atom. The summed E-state index contributed by atoms with van der Waals surface area (Å²) in [6.45, 7) is 0. The van der Waals surface area contributed by atoms with E-state index in [0.717, 1.165) is 11.0 Å². The van der Waals surface area contributed by atoms with Crippen LogP contribution in [-0.2, 0) is 7.05 Å². The van der Waals surface area contributed by atoms with Crippen molar-refractivity contribution in [1.29, 1.82) is 0 Å². The fourth-order valence-electron chi connectivity index (χ4n) is 1.29. The zero-order valence-electron chi connectivity index (χ0n) is 7.19. The lowest BCUT2D eigenvalue weighted by Gasteiger charge is -1.96. The Kier molecular flexibility index (Phi) is 1.55. The monoisotopic (exact) mass is 175 g/mol. The fraction of sp³-hybridized carbons (Fsp3) is 0.111. The Morgan fingerprint density at radius 3 is 3.00 bits per heavy atom. The van der Waals surface area contributed by atoms with Crippen LogP contribution >= 0.6 is 0 Å². The standard InChI is InChI=1S/C9H9N3O/c1-12-5-11-7-4-6(9(10)13)2-3-8(7)12/h2-5H,1H3,(H2,10,13). The normalized spacial score (nSPS) is 10.5. The quantitative estimate of drug-likeness (QED) is 0.692. The number of primary amides is 1. The Balaban J connectivity index is 2.70. The number of benzene rings is 1. The number of carbonyl (C=O) groups is 1. The first-order chi connectivity index (χ1) is 6.18. The predicted octanol–water partition coefficient (Wildman–Crippen LogP) is 0.672. The Bertz CT molecular complexity index is 473. The van der Waals surface area contributed by atoms with Crippen LogP contribution in [0, 0.1) is 0 Å². The number of fused-ring (bicyclic) bond motifs is 1. The summed E-state index contributed by atoms with van der Waals surface area (Å²) in [4.78, 5) is 15.0. The highest BCUT2D eigenvalue weighted by Crippen LogP contribution is 2.13. The van der Waals surface area contributed by atoms with Gasteiger partial charge in [-0.3, -0.25) is 4.79 Å². The van der Waals surface area contributed by atoms with Crippen LogP contribution in [0.1, 0.15) is 10.4 Å². The molecule has 13 heavy (non-hydrogen) atoms. The van der Waals surface area contributed by atoms with Gasteiger partial charge < -0.3 is 10.3 Å². The van der Waals surface area contributed by atoms with Gasteiger partial charge in [0.1, 0.15) is 0 Å². The fourth-order valence-corrected chi connectivity index (χ4v) is 1.29. The molecule has 0 fully saturated rings. The molecular formula is C9H9N3O. The van der Waals surface area contributed by atoms with Crippen molar-refractivity contribution >= 4 is 16.9 Å². The Labute approximate surface area is 75.0 Å². The van der Waals surface area contributed by atoms with Gasteiger partial charge in [0.05, 0.1) is 17.4 Å². The maximum absolute atomic E-state index is 10.8. The van der Waals surface area contributed by atoms with Gasteiger partial charge in [0.25, 0.3) is 0 Å². The predicted molar refractivity (Wildman–Crippen MR) is 49.2 cm³/mol. The molecular weight excluding hydrogens is 166 g/mol. The van der Waals surface area contributed by atoms with Gasteiger partial charge in [-0.05, 0) is 18.2 Å². The lowest BCUT2D eigenvalue weighted by atomic mass is 10.2. The number of carbonyl (C=O) groups excluding carboxylic acids is 1. The van der Waals surface area contributed by atoms with Crippen molar-refractivity contribution in [2.45, 2.75) is 0 Å². The van der Waals surface area contributed by atoms with E-state index < -0.39 is 5.91 Å². The minimum Gasteiger partial charge on any atom is -0.366 e. The zero-order valence-corrected chi connectivity index (χ0v) is 7.19. The zero-order chi connectivity index (χ0) is 9.42. The molecule has 2 N–H and O–H groups in total. The van der Waals surface area contributed by atoms with Gasteiger partial charge in [-0.2, -0.15) is 0 Å². The summed E-state index contributed by atoms with van der Waals surface area (Å²) in [5.74, 6) is -0.424. The van der Waals surface area contributed by atoms with Crippen molar-refractivity contribution < 1.29 is 4.79 Å². The van der Waals surface area contributed by atoms with Gasteiger partial charge in [-0.25, -0.2) is 4.98 Å². The number of nitrogens with zero attached hydrogens (tertiary/aromatic N) is 2. The molecule has 66 valence electrons. The van der Waals surface area contributed by atoms with E-state index in [1.54, 1.807) is 18.5 Å². The van der Waals surface area contributed by atoms with E-state index in [0.29, 0.717) is 5.56 Å². The molecule has 1 aromatic carbocycles. The third-order valence-electron chi connectivity index (χ3n) is 2.01. The van der Waals surface area contributed by atoms with Crippen LogP contribution < -0.4 is 5.73 Å². The molecule has 0 atom stereocenters. The van der Waals surface area contributed by atoms with Crippen LogP contribution in [0.25, 0.3) is 11.0 Å². The molecule has 0 aliphatic rings. The van der Waals surface area contributed by atoms with Gasteiger partial charge in [-0.15, -0.1) is 0 Å². The summed E-state index contributed by atoms with van der Waals surface area (Å²) in [6.07, 6.45) is 1.70. The maximum Gasteiger partial charge on any atom is 0.248 e. The number of aryl methyl sites for hydroxylation is 1. The number of amides is 1. The average Bonchev–Trinajstić information content (AvgIpc) is 2.47. The minimum atomic E-state index is -0.424. The van der Waals surface area contributed by atoms with Crippen molar-refractivity contribution in [3.8, 4) is 0 Å². The highest BCUT2D eigenvalue weighted by molar-refractivity contribution is 5.96. The molecule has 0 radical (unpaired) electrons. The summed E-state index contributed by atoms with van der Waals surface area (Å²) in [5, 5.41) is 0. The van der Waals surface area contributed by atoms with Crippen LogP contribution in [0.5, 0.6) is 0 Å². The number of aromatic nitrogens is 2. The number of nitrogens with two attached hydrogens (primary N) is 1. The van der Waals surface area contributed by atoms with Crippen LogP contribution in [0.4, 0.5) is 0 Å². The topological polar surface area (TPSA) is 60.9 Å². The largest absolute Gasteiger partial charge is 0.366 e. The van der Waals surface area contributed by atoms with E-state index >= 15 is 0 Å². The highest BCUT2D eigenvalue weighted by atomic mass is 16.1. The summed E-state index contributed by atoms with van der Waals surface area (Å²) < 4.78 is 1.89. The maximum atomic E-state index is 10.8. The van der Waals surface area contributed by atoms with E-state index in [2.05, 4.69) is 4.98 Å². The first-order valence-corrected chi connectivity index (χ1v) is 3.89. The van der Waals surface area contributed by atoms with Crippen molar-refractivity contribution in [2.24, 2.45) is 12.8 Å². The van der Waals surface area contributed by atoms with Crippen LogP contribution in [0.3, 0.4) is 0 Å². The SMILES string of the molecule is Cn1cnc2cc(C(N)=O)ccc21. The Morgan fingerprint density at radius 1 is 1.54 bits per heavy atom. The van der Waals surface area contributed by atoms with E-state index in [-0.39, 0.29) is 0 Å². The smallest absolute Gasteiger partial charge is 0.248 e. The molecule has 2 aromatic rings. The molecule has 4 nitrogen and oxygen atoms in total. The van der Waals surface area contributed by atoms with Crippen molar-refractivity contribution in [3.05, 3.63) is 30.1 Å². The van der Waals surface area contributed by atoms with Crippen LogP contribution in [-0.4, -0.2) is 15.5 Å². The second-order valence-electron chi connectivity index (χ2n) is 2.92. The lowest BCUT2D eigenvalue weighted by molar-refractivity contribution is 0.100. The van der Waals surface area contributed by atoms with Gasteiger partial charge in [0.15, 0.2) is 0 Å². The molecule has 1 aromatic heterocycles. The second-order valence-corrected chi connectivity index (χ2v) is 2.92. The molecule has 1 amide bonds. The highest BCUT2D eigenvalue weighted by Gasteiger charge is 2.03. The van der Waals surface area contributed by atoms with Gasteiger partial charge in [-0.1, -0.05) is 0 Å². The summed E-state index contributed by atoms with van der Waals surface area (Å²) in [7, 11) is 1.90. The molecule has 0 spiro atoms. The molecule has 1 heterocycles. The van der Waals surface area contributed by atoms with Crippen LogP contribution in [0.2, 0.25) is 0 Å². The molecule has 0 bridgehead atoms. The van der Waals surface area contributed by atoms with E-state index in [1.165, 1.54) is 0 Å². The Hall–Kier alpha value is -1.84. The second kappa shape index (κ2) is 2.58. The summed E-state index contributed by atoms with van der Waals surface area (Å²) >= 11 is 0. The number of rotatable bonds is 1. The van der Waals surface area contributed by atoms with Crippen molar-refractivity contribution in [2.75, 3.05) is 0 Å². The lowest BCUT2D eigenvalue weighted by Crippen LogP contribution is -2.10. The van der Waals surface area contributed by atoms with Gasteiger partial charge in [0, 0.05) is 12.6 Å². The number of hydrogen-bond donors (Lipinski definition) is 1. The van der Waals surface area contributed by atoms with Crippen molar-refractivity contribution in [3.63, 3.8) is 0 Å². The molecule has 4 heteroatoms. The van der Waals surface area contributed by atoms with Gasteiger partial charge >= 0.3 is 0 Å². The third-order valence-corrected chi connectivity index (χ3v) is 2.01.